The molecule has 0 unspecified atom stereocenters. The van der Waals surface area contributed by atoms with Crippen LogP contribution in [0.3, 0.4) is 0 Å². The van der Waals surface area contributed by atoms with Crippen molar-refractivity contribution < 1.29 is 0 Å². The SMILES string of the molecule is Clc1cccc(-c2nc(SCc3ccccc3)n[nH]2)c1. The minimum absolute atomic E-state index is 0.692. The van der Waals surface area contributed by atoms with Gasteiger partial charge in [-0.3, -0.25) is 5.10 Å². The van der Waals surface area contributed by atoms with Crippen LogP contribution in [0.15, 0.2) is 59.8 Å². The minimum Gasteiger partial charge on any atom is -0.258 e. The second-order valence-corrected chi connectivity index (χ2v) is 5.63. The molecule has 1 N–H and O–H groups in total. The summed E-state index contributed by atoms with van der Waals surface area (Å²) in [6.45, 7) is 0. The van der Waals surface area contributed by atoms with Crippen molar-refractivity contribution in [3.05, 3.63) is 65.2 Å². The first-order valence-electron chi connectivity index (χ1n) is 6.16. The van der Waals surface area contributed by atoms with Crippen molar-refractivity contribution in [2.75, 3.05) is 0 Å². The molecule has 0 aliphatic heterocycles. The molecule has 0 amide bonds. The highest BCUT2D eigenvalue weighted by Crippen LogP contribution is 2.23. The zero-order valence-corrected chi connectivity index (χ0v) is 12.2. The zero-order chi connectivity index (χ0) is 13.8. The monoisotopic (exact) mass is 301 g/mol. The van der Waals surface area contributed by atoms with Crippen LogP contribution in [-0.4, -0.2) is 15.2 Å². The van der Waals surface area contributed by atoms with Gasteiger partial charge in [0.25, 0.3) is 0 Å². The number of H-pyrrole nitrogens is 1. The highest BCUT2D eigenvalue weighted by Gasteiger charge is 2.06. The average Bonchev–Trinajstić information content (AvgIpc) is 2.95. The highest BCUT2D eigenvalue weighted by atomic mass is 35.5. The number of nitrogens with one attached hydrogen (secondary N) is 1. The Balaban J connectivity index is 1.71. The molecular formula is C15H12ClN3S. The molecule has 5 heteroatoms. The Bertz CT molecular complexity index is 697. The van der Waals surface area contributed by atoms with Gasteiger partial charge in [-0.25, -0.2) is 4.98 Å². The molecular weight excluding hydrogens is 290 g/mol. The first-order chi connectivity index (χ1) is 9.81. The smallest absolute Gasteiger partial charge is 0.209 e. The standard InChI is InChI=1S/C15H12ClN3S/c16-13-8-4-7-12(9-13)14-17-15(19-18-14)20-10-11-5-2-1-3-6-11/h1-9H,10H2,(H,17,18,19). The molecule has 0 aliphatic rings. The number of thioether (sulfide) groups is 1. The molecule has 0 saturated carbocycles. The van der Waals surface area contributed by atoms with E-state index in [4.69, 9.17) is 11.6 Å². The first kappa shape index (κ1) is 13.2. The van der Waals surface area contributed by atoms with Gasteiger partial charge in [0.1, 0.15) is 0 Å². The molecule has 1 heterocycles. The largest absolute Gasteiger partial charge is 0.258 e. The molecule has 0 bridgehead atoms. The second kappa shape index (κ2) is 6.11. The van der Waals surface area contributed by atoms with E-state index in [1.807, 2.05) is 42.5 Å². The summed E-state index contributed by atoms with van der Waals surface area (Å²) in [7, 11) is 0. The van der Waals surface area contributed by atoms with E-state index in [0.717, 1.165) is 22.3 Å². The van der Waals surface area contributed by atoms with Crippen LogP contribution in [-0.2, 0) is 5.75 Å². The third-order valence-electron chi connectivity index (χ3n) is 2.77. The number of aromatic amines is 1. The van der Waals surface area contributed by atoms with Crippen molar-refractivity contribution >= 4 is 23.4 Å². The number of rotatable bonds is 4. The topological polar surface area (TPSA) is 41.6 Å². The van der Waals surface area contributed by atoms with E-state index >= 15 is 0 Å². The molecule has 1 aromatic heterocycles. The molecule has 0 spiro atoms. The van der Waals surface area contributed by atoms with E-state index in [1.165, 1.54) is 5.56 Å². The van der Waals surface area contributed by atoms with Gasteiger partial charge in [-0.05, 0) is 17.7 Å². The average molecular weight is 302 g/mol. The molecule has 0 fully saturated rings. The number of nitrogens with zero attached hydrogens (tertiary/aromatic N) is 2. The van der Waals surface area contributed by atoms with E-state index in [2.05, 4.69) is 27.3 Å². The third-order valence-corrected chi connectivity index (χ3v) is 3.93. The number of hydrogen-bond donors (Lipinski definition) is 1. The number of aromatic nitrogens is 3. The van der Waals surface area contributed by atoms with Crippen LogP contribution in [0.2, 0.25) is 5.02 Å². The Hall–Kier alpha value is -1.78. The van der Waals surface area contributed by atoms with Gasteiger partial charge in [0.2, 0.25) is 5.16 Å². The quantitative estimate of drug-likeness (QED) is 0.725. The van der Waals surface area contributed by atoms with Crippen molar-refractivity contribution in [1.29, 1.82) is 0 Å². The fourth-order valence-corrected chi connectivity index (χ4v) is 2.74. The summed E-state index contributed by atoms with van der Waals surface area (Å²) < 4.78 is 0. The van der Waals surface area contributed by atoms with E-state index < -0.39 is 0 Å². The van der Waals surface area contributed by atoms with Crippen molar-refractivity contribution in [3.8, 4) is 11.4 Å². The van der Waals surface area contributed by atoms with Crippen molar-refractivity contribution in [2.24, 2.45) is 0 Å². The molecule has 0 saturated heterocycles. The summed E-state index contributed by atoms with van der Waals surface area (Å²) in [6, 6.07) is 17.8. The summed E-state index contributed by atoms with van der Waals surface area (Å²) in [5.41, 5.74) is 2.20. The van der Waals surface area contributed by atoms with Crippen LogP contribution >= 0.6 is 23.4 Å². The number of hydrogen-bond acceptors (Lipinski definition) is 3. The van der Waals surface area contributed by atoms with Gasteiger partial charge < -0.3 is 0 Å². The third kappa shape index (κ3) is 3.21. The molecule has 2 aromatic carbocycles. The predicted molar refractivity (Wildman–Crippen MR) is 82.8 cm³/mol. The normalized spacial score (nSPS) is 10.7. The van der Waals surface area contributed by atoms with E-state index in [-0.39, 0.29) is 0 Å². The summed E-state index contributed by atoms with van der Waals surface area (Å²) in [6.07, 6.45) is 0. The predicted octanol–water partition coefficient (Wildman–Crippen LogP) is 4.42. The molecule has 3 aromatic rings. The van der Waals surface area contributed by atoms with E-state index in [0.29, 0.717) is 5.02 Å². The number of benzene rings is 2. The van der Waals surface area contributed by atoms with Crippen LogP contribution < -0.4 is 0 Å². The molecule has 100 valence electrons. The fourth-order valence-electron chi connectivity index (χ4n) is 1.80. The molecule has 20 heavy (non-hydrogen) atoms. The molecule has 0 aliphatic carbocycles. The van der Waals surface area contributed by atoms with Gasteiger partial charge in [0, 0.05) is 16.3 Å². The minimum atomic E-state index is 0.692. The Morgan fingerprint density at radius 1 is 1.05 bits per heavy atom. The maximum atomic E-state index is 5.98. The van der Waals surface area contributed by atoms with Crippen LogP contribution in [0.5, 0.6) is 0 Å². The zero-order valence-electron chi connectivity index (χ0n) is 10.6. The van der Waals surface area contributed by atoms with Gasteiger partial charge >= 0.3 is 0 Å². The Labute approximate surface area is 126 Å². The van der Waals surface area contributed by atoms with E-state index in [9.17, 15) is 0 Å². The maximum absolute atomic E-state index is 5.98. The van der Waals surface area contributed by atoms with Gasteiger partial charge in [0.15, 0.2) is 5.82 Å². The Morgan fingerprint density at radius 2 is 1.90 bits per heavy atom. The summed E-state index contributed by atoms with van der Waals surface area (Å²) >= 11 is 7.58. The van der Waals surface area contributed by atoms with Gasteiger partial charge in [-0.15, -0.1) is 5.10 Å². The van der Waals surface area contributed by atoms with Crippen LogP contribution in [0.1, 0.15) is 5.56 Å². The van der Waals surface area contributed by atoms with Crippen molar-refractivity contribution in [2.45, 2.75) is 10.9 Å². The first-order valence-corrected chi connectivity index (χ1v) is 7.53. The van der Waals surface area contributed by atoms with Crippen LogP contribution in [0.4, 0.5) is 0 Å². The number of halogens is 1. The van der Waals surface area contributed by atoms with Crippen LogP contribution in [0.25, 0.3) is 11.4 Å². The van der Waals surface area contributed by atoms with Gasteiger partial charge in [-0.1, -0.05) is 65.8 Å². The van der Waals surface area contributed by atoms with Gasteiger partial charge in [0.05, 0.1) is 0 Å². The Morgan fingerprint density at radius 3 is 2.70 bits per heavy atom. The lowest BCUT2D eigenvalue weighted by Crippen LogP contribution is -1.81. The molecule has 3 nitrogen and oxygen atoms in total. The summed E-state index contributed by atoms with van der Waals surface area (Å²) in [5, 5.41) is 8.60. The lowest BCUT2D eigenvalue weighted by atomic mass is 10.2. The van der Waals surface area contributed by atoms with Crippen LogP contribution in [0, 0.1) is 0 Å². The van der Waals surface area contributed by atoms with Crippen molar-refractivity contribution in [1.82, 2.24) is 15.2 Å². The summed E-state index contributed by atoms with van der Waals surface area (Å²) in [4.78, 5) is 4.47. The highest BCUT2D eigenvalue weighted by molar-refractivity contribution is 7.98. The second-order valence-electron chi connectivity index (χ2n) is 4.25. The lowest BCUT2D eigenvalue weighted by Gasteiger charge is -1.97. The molecule has 3 rings (SSSR count). The van der Waals surface area contributed by atoms with E-state index in [1.54, 1.807) is 11.8 Å². The summed E-state index contributed by atoms with van der Waals surface area (Å²) in [5.74, 6) is 1.59. The Kier molecular flexibility index (Phi) is 4.04. The lowest BCUT2D eigenvalue weighted by molar-refractivity contribution is 0.973. The molecule has 0 radical (unpaired) electrons. The molecule has 0 atom stereocenters. The van der Waals surface area contributed by atoms with Crippen molar-refractivity contribution in [3.63, 3.8) is 0 Å². The van der Waals surface area contributed by atoms with Gasteiger partial charge in [-0.2, -0.15) is 0 Å². The maximum Gasteiger partial charge on any atom is 0.209 e. The fraction of sp³-hybridized carbons (Fsp3) is 0.0667.